The minimum atomic E-state index is -0.802. The molecule has 1 amide bonds. The summed E-state index contributed by atoms with van der Waals surface area (Å²) in [5.74, 6) is -0.361. The van der Waals surface area contributed by atoms with Crippen LogP contribution in [0.3, 0.4) is 0 Å². The Labute approximate surface area is 171 Å². The zero-order valence-electron chi connectivity index (χ0n) is 15.6. The number of hydrogen-bond acceptors (Lipinski definition) is 5. The fourth-order valence-electron chi connectivity index (χ4n) is 3.29. The van der Waals surface area contributed by atoms with Crippen molar-refractivity contribution in [3.8, 4) is 5.75 Å². The number of likely N-dealkylation sites (N-methyl/N-ethyl adjacent to an activating group) is 1. The molecule has 0 atom stereocenters. The predicted octanol–water partition coefficient (Wildman–Crippen LogP) is 2.58. The van der Waals surface area contributed by atoms with E-state index in [2.05, 4.69) is 10.2 Å². The van der Waals surface area contributed by atoms with Gasteiger partial charge >= 0.3 is 5.97 Å². The number of halogens is 2. The van der Waals surface area contributed by atoms with E-state index in [1.54, 1.807) is 25.3 Å². The maximum atomic E-state index is 12.3. The summed E-state index contributed by atoms with van der Waals surface area (Å²) in [6, 6.07) is 5.33. The van der Waals surface area contributed by atoms with Gasteiger partial charge in [0, 0.05) is 24.2 Å². The second-order valence-corrected chi connectivity index (χ2v) is 6.79. The summed E-state index contributed by atoms with van der Waals surface area (Å²) in [5, 5.41) is 12.4. The Hall–Kier alpha value is -1.54. The van der Waals surface area contributed by atoms with Gasteiger partial charge in [-0.25, -0.2) is 0 Å². The van der Waals surface area contributed by atoms with Crippen LogP contribution in [0, 0.1) is 0 Å². The van der Waals surface area contributed by atoms with Gasteiger partial charge in [-0.3, -0.25) is 19.4 Å². The highest BCUT2D eigenvalue weighted by Gasteiger charge is 2.26. The molecule has 2 N–H and O–H groups in total. The maximum Gasteiger partial charge on any atom is 0.317 e. The molecule has 0 saturated carbocycles. The number of aliphatic carboxylic acids is 1. The van der Waals surface area contributed by atoms with E-state index in [4.69, 9.17) is 21.4 Å². The van der Waals surface area contributed by atoms with E-state index in [-0.39, 0.29) is 37.4 Å². The number of methoxy groups -OCH3 is 1. The number of likely N-dealkylation sites (tertiary alicyclic amines) is 1. The number of anilines is 1. The molecule has 1 saturated heterocycles. The van der Waals surface area contributed by atoms with Gasteiger partial charge in [0.1, 0.15) is 5.75 Å². The molecule has 1 heterocycles. The van der Waals surface area contributed by atoms with Gasteiger partial charge in [-0.1, -0.05) is 18.5 Å². The molecule has 0 unspecified atom stereocenters. The van der Waals surface area contributed by atoms with Gasteiger partial charge in [0.15, 0.2) is 0 Å². The van der Waals surface area contributed by atoms with Crippen molar-refractivity contribution in [2.45, 2.75) is 25.8 Å². The molecule has 9 heteroatoms. The summed E-state index contributed by atoms with van der Waals surface area (Å²) in [6.45, 7) is 4.57. The normalized spacial score (nSPS) is 15.3. The smallest absolute Gasteiger partial charge is 0.317 e. The molecule has 1 aliphatic rings. The summed E-state index contributed by atoms with van der Waals surface area (Å²) in [6.07, 6.45) is 1.71. The van der Waals surface area contributed by atoms with Crippen LogP contribution < -0.4 is 10.1 Å². The SMILES string of the molecule is CCN(CC(=O)O)C1CCN(CC(=O)Nc2cc(Cl)ccc2OC)CC1.Cl. The third-order valence-electron chi connectivity index (χ3n) is 4.62. The van der Waals surface area contributed by atoms with E-state index in [0.29, 0.717) is 23.0 Å². The molecule has 7 nitrogen and oxygen atoms in total. The second kappa shape index (κ2) is 11.3. The van der Waals surface area contributed by atoms with Crippen LogP contribution in [0.1, 0.15) is 19.8 Å². The molecule has 0 radical (unpaired) electrons. The number of amides is 1. The molecule has 2 rings (SSSR count). The zero-order valence-corrected chi connectivity index (χ0v) is 17.2. The van der Waals surface area contributed by atoms with Crippen LogP contribution in [0.2, 0.25) is 5.02 Å². The number of carboxylic acids is 1. The number of ether oxygens (including phenoxy) is 1. The summed E-state index contributed by atoms with van der Waals surface area (Å²) >= 11 is 5.98. The third-order valence-corrected chi connectivity index (χ3v) is 4.86. The minimum Gasteiger partial charge on any atom is -0.495 e. The van der Waals surface area contributed by atoms with E-state index in [1.165, 1.54) is 0 Å². The Morgan fingerprint density at radius 1 is 1.37 bits per heavy atom. The van der Waals surface area contributed by atoms with Crippen LogP contribution in [-0.2, 0) is 9.59 Å². The summed E-state index contributed by atoms with van der Waals surface area (Å²) in [5.41, 5.74) is 0.554. The summed E-state index contributed by atoms with van der Waals surface area (Å²) in [7, 11) is 1.54. The predicted molar refractivity (Wildman–Crippen MR) is 108 cm³/mol. The van der Waals surface area contributed by atoms with Gasteiger partial charge in [0.2, 0.25) is 5.91 Å². The van der Waals surface area contributed by atoms with Gasteiger partial charge < -0.3 is 15.2 Å². The molecule has 1 fully saturated rings. The van der Waals surface area contributed by atoms with E-state index in [1.807, 2.05) is 11.8 Å². The Kier molecular flexibility index (Phi) is 9.87. The number of benzene rings is 1. The average Bonchev–Trinajstić information content (AvgIpc) is 2.60. The average molecular weight is 420 g/mol. The first-order valence-electron chi connectivity index (χ1n) is 8.74. The van der Waals surface area contributed by atoms with E-state index < -0.39 is 5.97 Å². The van der Waals surface area contributed by atoms with Crippen molar-refractivity contribution < 1.29 is 19.4 Å². The van der Waals surface area contributed by atoms with Crippen molar-refractivity contribution in [2.24, 2.45) is 0 Å². The summed E-state index contributed by atoms with van der Waals surface area (Å²) < 4.78 is 5.24. The number of carboxylic acid groups (broad SMARTS) is 1. The lowest BCUT2D eigenvalue weighted by Crippen LogP contribution is -2.48. The molecule has 152 valence electrons. The van der Waals surface area contributed by atoms with Crippen molar-refractivity contribution in [1.82, 2.24) is 9.80 Å². The largest absolute Gasteiger partial charge is 0.495 e. The van der Waals surface area contributed by atoms with E-state index >= 15 is 0 Å². The number of piperidine rings is 1. The lowest BCUT2D eigenvalue weighted by atomic mass is 10.0. The molecular weight excluding hydrogens is 393 g/mol. The Bertz CT molecular complexity index is 637. The van der Waals surface area contributed by atoms with Gasteiger partial charge in [-0.05, 0) is 37.6 Å². The lowest BCUT2D eigenvalue weighted by Gasteiger charge is -2.37. The maximum absolute atomic E-state index is 12.3. The standard InChI is InChI=1S/C18H26ClN3O4.ClH/c1-3-22(12-18(24)25)14-6-8-21(9-7-14)11-17(23)20-15-10-13(19)4-5-16(15)26-2;/h4-5,10,14H,3,6-9,11-12H2,1-2H3,(H,20,23)(H,24,25);1H. The topological polar surface area (TPSA) is 82.1 Å². The number of rotatable bonds is 8. The minimum absolute atomic E-state index is 0. The highest BCUT2D eigenvalue weighted by Crippen LogP contribution is 2.27. The van der Waals surface area contributed by atoms with Crippen molar-refractivity contribution in [2.75, 3.05) is 45.2 Å². The first kappa shape index (κ1) is 23.5. The highest BCUT2D eigenvalue weighted by atomic mass is 35.5. The lowest BCUT2D eigenvalue weighted by molar-refractivity contribution is -0.139. The molecule has 0 aliphatic carbocycles. The molecule has 0 aromatic heterocycles. The fourth-order valence-corrected chi connectivity index (χ4v) is 3.46. The molecular formula is C18H27Cl2N3O4. The number of carbonyl (C=O) groups is 2. The third kappa shape index (κ3) is 7.18. The van der Waals surface area contributed by atoms with Crippen molar-refractivity contribution in [3.05, 3.63) is 23.2 Å². The van der Waals surface area contributed by atoms with Gasteiger partial charge in [0.25, 0.3) is 0 Å². The Morgan fingerprint density at radius 2 is 2.04 bits per heavy atom. The zero-order chi connectivity index (χ0) is 19.1. The second-order valence-electron chi connectivity index (χ2n) is 6.36. The molecule has 27 heavy (non-hydrogen) atoms. The monoisotopic (exact) mass is 419 g/mol. The molecule has 1 aromatic rings. The van der Waals surface area contributed by atoms with Crippen LogP contribution in [0.15, 0.2) is 18.2 Å². The molecule has 1 aliphatic heterocycles. The summed E-state index contributed by atoms with van der Waals surface area (Å²) in [4.78, 5) is 27.3. The molecule has 0 bridgehead atoms. The number of nitrogens with zero attached hydrogens (tertiary/aromatic N) is 2. The van der Waals surface area contributed by atoms with Crippen LogP contribution >= 0.6 is 24.0 Å². The Morgan fingerprint density at radius 3 is 2.59 bits per heavy atom. The molecule has 1 aromatic carbocycles. The highest BCUT2D eigenvalue weighted by molar-refractivity contribution is 6.31. The molecule has 0 spiro atoms. The van der Waals surface area contributed by atoms with Crippen LogP contribution in [-0.4, -0.2) is 72.7 Å². The van der Waals surface area contributed by atoms with Gasteiger partial charge in [-0.15, -0.1) is 12.4 Å². The number of carbonyl (C=O) groups excluding carboxylic acids is 1. The van der Waals surface area contributed by atoms with Crippen LogP contribution in [0.5, 0.6) is 5.75 Å². The van der Waals surface area contributed by atoms with Crippen molar-refractivity contribution in [1.29, 1.82) is 0 Å². The van der Waals surface area contributed by atoms with Crippen LogP contribution in [0.4, 0.5) is 5.69 Å². The van der Waals surface area contributed by atoms with Gasteiger partial charge in [-0.2, -0.15) is 0 Å². The fraction of sp³-hybridized carbons (Fsp3) is 0.556. The van der Waals surface area contributed by atoms with E-state index in [0.717, 1.165) is 25.9 Å². The number of hydrogen-bond donors (Lipinski definition) is 2. The van der Waals surface area contributed by atoms with E-state index in [9.17, 15) is 9.59 Å². The van der Waals surface area contributed by atoms with Crippen molar-refractivity contribution >= 4 is 41.6 Å². The first-order valence-corrected chi connectivity index (χ1v) is 9.12. The number of nitrogens with one attached hydrogen (secondary N) is 1. The first-order chi connectivity index (χ1) is 12.4. The van der Waals surface area contributed by atoms with Crippen LogP contribution in [0.25, 0.3) is 0 Å². The Balaban J connectivity index is 0.00000364. The van der Waals surface area contributed by atoms with Gasteiger partial charge in [0.05, 0.1) is 25.9 Å². The van der Waals surface area contributed by atoms with Crippen molar-refractivity contribution in [3.63, 3.8) is 0 Å². The quantitative estimate of drug-likeness (QED) is 0.673.